The van der Waals surface area contributed by atoms with Crippen LogP contribution in [0.1, 0.15) is 24.2 Å². The molecule has 1 rings (SSSR count). The highest BCUT2D eigenvalue weighted by atomic mass is 16.5. The van der Waals surface area contributed by atoms with E-state index in [2.05, 4.69) is 28.9 Å². The number of anilines is 2. The van der Waals surface area contributed by atoms with Gasteiger partial charge >= 0.3 is 5.97 Å². The van der Waals surface area contributed by atoms with Gasteiger partial charge in [-0.1, -0.05) is 13.8 Å². The Labute approximate surface area is 113 Å². The molecule has 1 aromatic rings. The summed E-state index contributed by atoms with van der Waals surface area (Å²) in [5.41, 5.74) is 6.35. The number of aromatic nitrogens is 1. The molecule has 3 N–H and O–H groups in total. The van der Waals surface area contributed by atoms with E-state index in [0.717, 1.165) is 0 Å². The molecule has 0 atom stereocenters. The number of esters is 1. The smallest absolute Gasteiger partial charge is 0.341 e. The van der Waals surface area contributed by atoms with Crippen molar-refractivity contribution in [3.8, 4) is 0 Å². The third-order valence-corrected chi connectivity index (χ3v) is 2.30. The van der Waals surface area contributed by atoms with Crippen LogP contribution in [0.5, 0.6) is 0 Å². The number of carbonyl (C=O) groups excluding carboxylic acids is 1. The lowest BCUT2D eigenvalue weighted by atomic mass is 10.2. The molecule has 0 saturated heterocycles. The van der Waals surface area contributed by atoms with Gasteiger partial charge in [0.1, 0.15) is 11.4 Å². The molecule has 1 aromatic heterocycles. The standard InChI is InChI=1S/C13H21N3O3/c1-9(2)8-19-5-4-15-12-11(13(17)18-3)6-10(14)7-16-12/h6-7,9H,4-5,8,14H2,1-3H3,(H,15,16). The minimum atomic E-state index is -0.467. The number of ether oxygens (including phenoxy) is 2. The summed E-state index contributed by atoms with van der Waals surface area (Å²) in [7, 11) is 1.32. The number of pyridine rings is 1. The summed E-state index contributed by atoms with van der Waals surface area (Å²) >= 11 is 0. The van der Waals surface area contributed by atoms with Crippen LogP contribution in [0, 0.1) is 5.92 Å². The summed E-state index contributed by atoms with van der Waals surface area (Å²) in [5, 5.41) is 3.04. The van der Waals surface area contributed by atoms with Gasteiger partial charge in [0.2, 0.25) is 0 Å². The zero-order chi connectivity index (χ0) is 14.3. The molecule has 0 amide bonds. The van der Waals surface area contributed by atoms with Crippen molar-refractivity contribution in [2.75, 3.05) is 37.9 Å². The number of nitrogens with zero attached hydrogens (tertiary/aromatic N) is 1. The Hall–Kier alpha value is -1.82. The summed E-state index contributed by atoms with van der Waals surface area (Å²) in [5.74, 6) is 0.486. The van der Waals surface area contributed by atoms with Gasteiger partial charge < -0.3 is 20.5 Å². The first-order valence-corrected chi connectivity index (χ1v) is 6.20. The fourth-order valence-electron chi connectivity index (χ4n) is 1.45. The zero-order valence-electron chi connectivity index (χ0n) is 11.6. The molecule has 0 unspecified atom stereocenters. The molecule has 0 aliphatic carbocycles. The van der Waals surface area contributed by atoms with Crippen molar-refractivity contribution in [1.82, 2.24) is 4.98 Å². The molecule has 0 fully saturated rings. The molecule has 0 bridgehead atoms. The number of nitrogens with two attached hydrogens (primary N) is 1. The fourth-order valence-corrected chi connectivity index (χ4v) is 1.45. The van der Waals surface area contributed by atoms with E-state index < -0.39 is 5.97 Å². The Balaban J connectivity index is 2.55. The zero-order valence-corrected chi connectivity index (χ0v) is 11.6. The highest BCUT2D eigenvalue weighted by Crippen LogP contribution is 2.16. The molecule has 106 valence electrons. The Morgan fingerprint density at radius 1 is 1.53 bits per heavy atom. The highest BCUT2D eigenvalue weighted by Gasteiger charge is 2.13. The topological polar surface area (TPSA) is 86.5 Å². The van der Waals surface area contributed by atoms with Gasteiger partial charge in [-0.25, -0.2) is 9.78 Å². The lowest BCUT2D eigenvalue weighted by Crippen LogP contribution is -2.16. The third kappa shape index (κ3) is 5.13. The summed E-state index contributed by atoms with van der Waals surface area (Å²) in [6, 6.07) is 1.54. The lowest BCUT2D eigenvalue weighted by Gasteiger charge is -2.11. The Kier molecular flexibility index (Phi) is 6.08. The van der Waals surface area contributed by atoms with E-state index >= 15 is 0 Å². The van der Waals surface area contributed by atoms with Crippen molar-refractivity contribution in [2.45, 2.75) is 13.8 Å². The molecule has 0 aliphatic heterocycles. The molecular formula is C13H21N3O3. The molecule has 0 radical (unpaired) electrons. The first-order chi connectivity index (χ1) is 9.04. The fraction of sp³-hybridized carbons (Fsp3) is 0.538. The molecule has 6 heteroatoms. The maximum absolute atomic E-state index is 11.6. The average molecular weight is 267 g/mol. The van der Waals surface area contributed by atoms with Gasteiger partial charge in [-0.05, 0) is 12.0 Å². The van der Waals surface area contributed by atoms with E-state index in [1.807, 2.05) is 0 Å². The van der Waals surface area contributed by atoms with E-state index in [1.165, 1.54) is 19.4 Å². The van der Waals surface area contributed by atoms with Gasteiger partial charge in [0.15, 0.2) is 0 Å². The summed E-state index contributed by atoms with van der Waals surface area (Å²) in [4.78, 5) is 15.7. The monoisotopic (exact) mass is 267 g/mol. The van der Waals surface area contributed by atoms with E-state index in [4.69, 9.17) is 10.5 Å². The van der Waals surface area contributed by atoms with Crippen LogP contribution in [0.25, 0.3) is 0 Å². The SMILES string of the molecule is COC(=O)c1cc(N)cnc1NCCOCC(C)C. The predicted molar refractivity (Wildman–Crippen MR) is 74.1 cm³/mol. The van der Waals surface area contributed by atoms with Gasteiger partial charge in [-0.15, -0.1) is 0 Å². The first-order valence-electron chi connectivity index (χ1n) is 6.20. The molecule has 6 nitrogen and oxygen atoms in total. The molecule has 0 aliphatic rings. The van der Waals surface area contributed by atoms with Crippen LogP contribution >= 0.6 is 0 Å². The predicted octanol–water partition coefficient (Wildman–Crippen LogP) is 1.53. The minimum Gasteiger partial charge on any atom is -0.465 e. The number of nitrogens with one attached hydrogen (secondary N) is 1. The summed E-state index contributed by atoms with van der Waals surface area (Å²) < 4.78 is 10.1. The van der Waals surface area contributed by atoms with Crippen molar-refractivity contribution >= 4 is 17.5 Å². The van der Waals surface area contributed by atoms with E-state index in [1.54, 1.807) is 0 Å². The van der Waals surface area contributed by atoms with Gasteiger partial charge in [0.05, 0.1) is 25.6 Å². The van der Waals surface area contributed by atoms with Crippen LogP contribution < -0.4 is 11.1 Å². The normalized spacial score (nSPS) is 10.5. The maximum atomic E-state index is 11.6. The largest absolute Gasteiger partial charge is 0.465 e. The van der Waals surface area contributed by atoms with Crippen molar-refractivity contribution < 1.29 is 14.3 Å². The molecule has 0 spiro atoms. The highest BCUT2D eigenvalue weighted by molar-refractivity contribution is 5.95. The molecule has 19 heavy (non-hydrogen) atoms. The first kappa shape index (κ1) is 15.2. The minimum absolute atomic E-state index is 0.325. The van der Waals surface area contributed by atoms with Crippen molar-refractivity contribution in [1.29, 1.82) is 0 Å². The maximum Gasteiger partial charge on any atom is 0.341 e. The second kappa shape index (κ2) is 7.58. The van der Waals surface area contributed by atoms with Crippen LogP contribution in [0.2, 0.25) is 0 Å². The van der Waals surface area contributed by atoms with Crippen molar-refractivity contribution in [3.05, 3.63) is 17.8 Å². The number of methoxy groups -OCH3 is 1. The second-order valence-corrected chi connectivity index (χ2v) is 4.55. The molecule has 0 aromatic carbocycles. The van der Waals surface area contributed by atoms with Gasteiger partial charge in [-0.2, -0.15) is 0 Å². The number of carbonyl (C=O) groups is 1. The van der Waals surface area contributed by atoms with Crippen LogP contribution in [0.4, 0.5) is 11.5 Å². The van der Waals surface area contributed by atoms with Crippen LogP contribution in [0.15, 0.2) is 12.3 Å². The molecule has 1 heterocycles. The number of nitrogen functional groups attached to an aromatic ring is 1. The van der Waals surface area contributed by atoms with E-state index in [9.17, 15) is 4.79 Å². The van der Waals surface area contributed by atoms with Gasteiger partial charge in [0, 0.05) is 13.2 Å². The number of hydrogen-bond acceptors (Lipinski definition) is 6. The van der Waals surface area contributed by atoms with Crippen LogP contribution in [-0.4, -0.2) is 37.8 Å². The molecule has 0 saturated carbocycles. The average Bonchev–Trinajstić information content (AvgIpc) is 2.38. The van der Waals surface area contributed by atoms with Gasteiger partial charge in [-0.3, -0.25) is 0 Å². The second-order valence-electron chi connectivity index (χ2n) is 4.55. The Morgan fingerprint density at radius 2 is 2.26 bits per heavy atom. The third-order valence-electron chi connectivity index (χ3n) is 2.30. The molecular weight excluding hydrogens is 246 g/mol. The summed E-state index contributed by atoms with van der Waals surface area (Å²) in [6.07, 6.45) is 1.49. The number of rotatable bonds is 7. The van der Waals surface area contributed by atoms with Crippen LogP contribution in [-0.2, 0) is 9.47 Å². The quantitative estimate of drug-likeness (QED) is 0.575. The lowest BCUT2D eigenvalue weighted by molar-refractivity contribution is 0.0601. The van der Waals surface area contributed by atoms with Gasteiger partial charge in [0.25, 0.3) is 0 Å². The Morgan fingerprint density at radius 3 is 2.89 bits per heavy atom. The van der Waals surface area contributed by atoms with Crippen LogP contribution in [0.3, 0.4) is 0 Å². The Bertz CT molecular complexity index is 422. The van der Waals surface area contributed by atoms with Crippen molar-refractivity contribution in [3.63, 3.8) is 0 Å². The van der Waals surface area contributed by atoms with E-state index in [0.29, 0.717) is 42.7 Å². The summed E-state index contributed by atoms with van der Waals surface area (Å²) in [6.45, 7) is 5.99. The van der Waals surface area contributed by atoms with E-state index in [-0.39, 0.29) is 0 Å². The van der Waals surface area contributed by atoms with Crippen molar-refractivity contribution in [2.24, 2.45) is 5.92 Å². The number of hydrogen-bond donors (Lipinski definition) is 2.